The van der Waals surface area contributed by atoms with Crippen LogP contribution in [0.2, 0.25) is 0 Å². The van der Waals surface area contributed by atoms with E-state index in [1.54, 1.807) is 0 Å². The lowest BCUT2D eigenvalue weighted by Gasteiger charge is -2.13. The smallest absolute Gasteiger partial charge is 0.326 e. The molecule has 20 heavy (non-hydrogen) atoms. The van der Waals surface area contributed by atoms with Gasteiger partial charge < -0.3 is 25.6 Å². The van der Waals surface area contributed by atoms with Crippen LogP contribution >= 0.6 is 0 Å². The van der Waals surface area contributed by atoms with Crippen molar-refractivity contribution in [3.63, 3.8) is 0 Å². The molecule has 0 rings (SSSR count). The number of aliphatic carboxylic acids is 2. The van der Waals surface area contributed by atoms with E-state index in [1.807, 2.05) is 13.8 Å². The van der Waals surface area contributed by atoms with Crippen LogP contribution in [0.5, 0.6) is 0 Å². The molecule has 0 fully saturated rings. The number of carboxylic acid groups (broad SMARTS) is 2. The minimum Gasteiger partial charge on any atom is -0.481 e. The van der Waals surface area contributed by atoms with Crippen molar-refractivity contribution in [3.8, 4) is 0 Å². The number of amides is 2. The third kappa shape index (κ3) is 10.1. The molecular weight excluding hydrogens is 268 g/mol. The van der Waals surface area contributed by atoms with E-state index in [9.17, 15) is 14.4 Å². The van der Waals surface area contributed by atoms with E-state index in [0.29, 0.717) is 19.6 Å². The van der Waals surface area contributed by atoms with Gasteiger partial charge in [-0.1, -0.05) is 0 Å². The number of unbranched alkanes of at least 4 members (excludes halogenated alkanes) is 1. The van der Waals surface area contributed by atoms with Gasteiger partial charge in [0, 0.05) is 13.2 Å². The fourth-order valence-electron chi connectivity index (χ4n) is 1.33. The normalized spacial score (nSPS) is 11.9. The molecule has 0 spiro atoms. The van der Waals surface area contributed by atoms with E-state index in [-0.39, 0.29) is 6.10 Å². The Bertz CT molecular complexity index is 332. The molecule has 0 aromatic heterocycles. The van der Waals surface area contributed by atoms with E-state index in [4.69, 9.17) is 14.9 Å². The first-order valence-electron chi connectivity index (χ1n) is 6.43. The van der Waals surface area contributed by atoms with E-state index in [2.05, 4.69) is 10.6 Å². The van der Waals surface area contributed by atoms with Gasteiger partial charge >= 0.3 is 18.0 Å². The number of hydrogen-bond donors (Lipinski definition) is 4. The first-order chi connectivity index (χ1) is 9.32. The summed E-state index contributed by atoms with van der Waals surface area (Å²) in [5, 5.41) is 21.8. The van der Waals surface area contributed by atoms with E-state index in [0.717, 1.165) is 6.42 Å². The van der Waals surface area contributed by atoms with E-state index < -0.39 is 30.4 Å². The third-order valence-corrected chi connectivity index (χ3v) is 2.29. The van der Waals surface area contributed by atoms with Crippen molar-refractivity contribution in [2.75, 3.05) is 13.2 Å². The van der Waals surface area contributed by atoms with Crippen molar-refractivity contribution in [3.05, 3.63) is 0 Å². The Balaban J connectivity index is 3.80. The molecule has 0 saturated carbocycles. The van der Waals surface area contributed by atoms with Gasteiger partial charge in [-0.15, -0.1) is 0 Å². The second-order valence-corrected chi connectivity index (χ2v) is 4.52. The van der Waals surface area contributed by atoms with Crippen molar-refractivity contribution in [2.45, 2.75) is 45.3 Å². The molecule has 8 nitrogen and oxygen atoms in total. The molecule has 0 aromatic carbocycles. The fourth-order valence-corrected chi connectivity index (χ4v) is 1.33. The highest BCUT2D eigenvalue weighted by molar-refractivity contribution is 5.86. The maximum Gasteiger partial charge on any atom is 0.326 e. The van der Waals surface area contributed by atoms with Gasteiger partial charge in [-0.3, -0.25) is 4.79 Å². The van der Waals surface area contributed by atoms with Crippen LogP contribution in [0.3, 0.4) is 0 Å². The lowest BCUT2D eigenvalue weighted by Crippen LogP contribution is -2.47. The predicted octanol–water partition coefficient (Wildman–Crippen LogP) is 0.419. The Morgan fingerprint density at radius 3 is 2.30 bits per heavy atom. The molecule has 0 aliphatic rings. The molecule has 116 valence electrons. The summed E-state index contributed by atoms with van der Waals surface area (Å²) in [4.78, 5) is 32.5. The number of rotatable bonds is 10. The van der Waals surface area contributed by atoms with Crippen molar-refractivity contribution in [1.82, 2.24) is 10.6 Å². The van der Waals surface area contributed by atoms with Gasteiger partial charge in [0.15, 0.2) is 0 Å². The van der Waals surface area contributed by atoms with Crippen LogP contribution < -0.4 is 10.6 Å². The molecule has 4 N–H and O–H groups in total. The Morgan fingerprint density at radius 1 is 1.15 bits per heavy atom. The minimum absolute atomic E-state index is 0.165. The molecule has 0 saturated heterocycles. The predicted molar refractivity (Wildman–Crippen MR) is 70.5 cm³/mol. The number of hydrogen-bond acceptors (Lipinski definition) is 4. The Labute approximate surface area is 117 Å². The highest BCUT2D eigenvalue weighted by atomic mass is 16.5. The van der Waals surface area contributed by atoms with Gasteiger partial charge in [-0.2, -0.15) is 0 Å². The summed E-state index contributed by atoms with van der Waals surface area (Å²) in [7, 11) is 0. The zero-order chi connectivity index (χ0) is 15.5. The van der Waals surface area contributed by atoms with Gasteiger partial charge in [0.1, 0.15) is 6.04 Å². The molecule has 0 radical (unpaired) electrons. The fraction of sp³-hybridized carbons (Fsp3) is 0.750. The molecule has 1 unspecified atom stereocenters. The number of carboxylic acids is 2. The second-order valence-electron chi connectivity index (χ2n) is 4.52. The highest BCUT2D eigenvalue weighted by Gasteiger charge is 2.22. The van der Waals surface area contributed by atoms with Crippen LogP contribution in [0.25, 0.3) is 0 Å². The number of carbonyl (C=O) groups excluding carboxylic acids is 1. The first-order valence-corrected chi connectivity index (χ1v) is 6.43. The quantitative estimate of drug-likeness (QED) is 0.432. The SMILES string of the molecule is CC(C)OCCCCNC(=O)NC(CC(=O)O)C(=O)O. The maximum absolute atomic E-state index is 11.4. The molecule has 0 heterocycles. The Morgan fingerprint density at radius 2 is 1.80 bits per heavy atom. The summed E-state index contributed by atoms with van der Waals surface area (Å²) in [5.41, 5.74) is 0. The van der Waals surface area contributed by atoms with Crippen LogP contribution in [0, 0.1) is 0 Å². The maximum atomic E-state index is 11.4. The van der Waals surface area contributed by atoms with Crippen LogP contribution in [0.1, 0.15) is 33.1 Å². The van der Waals surface area contributed by atoms with Crippen LogP contribution in [0.15, 0.2) is 0 Å². The molecule has 0 aromatic rings. The molecule has 0 aliphatic heterocycles. The third-order valence-electron chi connectivity index (χ3n) is 2.29. The van der Waals surface area contributed by atoms with Gasteiger partial charge in [0.25, 0.3) is 0 Å². The molecular formula is C12H22N2O6. The summed E-state index contributed by atoms with van der Waals surface area (Å²) in [6.07, 6.45) is 0.969. The standard InChI is InChI=1S/C12H22N2O6/c1-8(2)20-6-4-3-5-13-12(19)14-9(11(17)18)7-10(15)16/h8-9H,3-7H2,1-2H3,(H,15,16)(H,17,18)(H2,13,14,19). The van der Waals surface area contributed by atoms with Crippen LogP contribution in [0.4, 0.5) is 4.79 Å². The summed E-state index contributed by atoms with van der Waals surface area (Å²) in [5.74, 6) is -2.67. The summed E-state index contributed by atoms with van der Waals surface area (Å²) >= 11 is 0. The topological polar surface area (TPSA) is 125 Å². The average Bonchev–Trinajstić information content (AvgIpc) is 2.31. The second kappa shape index (κ2) is 10.0. The number of urea groups is 1. The molecule has 0 aliphatic carbocycles. The lowest BCUT2D eigenvalue weighted by molar-refractivity contribution is -0.145. The largest absolute Gasteiger partial charge is 0.481 e. The molecule has 8 heteroatoms. The van der Waals surface area contributed by atoms with Crippen molar-refractivity contribution < 1.29 is 29.3 Å². The summed E-state index contributed by atoms with van der Waals surface area (Å²) in [6, 6.07) is -2.12. The number of carbonyl (C=O) groups is 3. The molecule has 1 atom stereocenters. The van der Waals surface area contributed by atoms with Gasteiger partial charge in [0.05, 0.1) is 12.5 Å². The highest BCUT2D eigenvalue weighted by Crippen LogP contribution is 1.95. The number of nitrogens with one attached hydrogen (secondary N) is 2. The van der Waals surface area contributed by atoms with Gasteiger partial charge in [-0.05, 0) is 26.7 Å². The summed E-state index contributed by atoms with van der Waals surface area (Å²) in [6.45, 7) is 4.82. The van der Waals surface area contributed by atoms with Gasteiger partial charge in [-0.25, -0.2) is 9.59 Å². The lowest BCUT2D eigenvalue weighted by atomic mass is 10.2. The van der Waals surface area contributed by atoms with Gasteiger partial charge in [0.2, 0.25) is 0 Å². The summed E-state index contributed by atoms with van der Waals surface area (Å²) < 4.78 is 5.32. The monoisotopic (exact) mass is 290 g/mol. The number of ether oxygens (including phenoxy) is 1. The van der Waals surface area contributed by atoms with Crippen LogP contribution in [-0.4, -0.2) is 53.5 Å². The zero-order valence-corrected chi connectivity index (χ0v) is 11.7. The average molecular weight is 290 g/mol. The van der Waals surface area contributed by atoms with E-state index in [1.165, 1.54) is 0 Å². The van der Waals surface area contributed by atoms with Crippen molar-refractivity contribution in [1.29, 1.82) is 0 Å². The van der Waals surface area contributed by atoms with Crippen LogP contribution in [-0.2, 0) is 14.3 Å². The first kappa shape index (κ1) is 18.2. The molecule has 2 amide bonds. The zero-order valence-electron chi connectivity index (χ0n) is 11.7. The Kier molecular flexibility index (Phi) is 9.10. The van der Waals surface area contributed by atoms with Crippen molar-refractivity contribution in [2.24, 2.45) is 0 Å². The van der Waals surface area contributed by atoms with Crippen molar-refractivity contribution >= 4 is 18.0 Å². The molecule has 0 bridgehead atoms. The Hall–Kier alpha value is -1.83. The minimum atomic E-state index is -1.43. The van der Waals surface area contributed by atoms with E-state index >= 15 is 0 Å².